The third-order valence-electron chi connectivity index (χ3n) is 5.45. The lowest BCUT2D eigenvalue weighted by molar-refractivity contribution is -0.384. The number of nitro groups is 1. The second-order valence-corrected chi connectivity index (χ2v) is 7.98. The Balaban J connectivity index is 1.61. The molecule has 9 heteroatoms. The summed E-state index contributed by atoms with van der Waals surface area (Å²) in [4.78, 5) is 47.8. The lowest BCUT2D eigenvalue weighted by Crippen LogP contribution is -2.37. The van der Waals surface area contributed by atoms with E-state index < -0.39 is 16.9 Å². The number of amides is 2. The van der Waals surface area contributed by atoms with Crippen molar-refractivity contribution >= 4 is 23.5 Å². The highest BCUT2D eigenvalue weighted by Gasteiger charge is 2.24. The number of carbonyl (C=O) groups is 3. The molecule has 0 fully saturated rings. The minimum absolute atomic E-state index is 0.0149. The summed E-state index contributed by atoms with van der Waals surface area (Å²) in [5.41, 5.74) is 1.47. The maximum Gasteiger partial charge on any atom is 0.306 e. The predicted octanol–water partition coefficient (Wildman–Crippen LogP) is 3.36. The van der Waals surface area contributed by atoms with E-state index in [9.17, 15) is 24.5 Å². The molecule has 34 heavy (non-hydrogen) atoms. The van der Waals surface area contributed by atoms with Crippen molar-refractivity contribution in [1.82, 2.24) is 10.6 Å². The number of cyclic esters (lactones) is 1. The van der Waals surface area contributed by atoms with Crippen LogP contribution in [0.3, 0.4) is 0 Å². The summed E-state index contributed by atoms with van der Waals surface area (Å²) in [7, 11) is 0. The van der Waals surface area contributed by atoms with Crippen LogP contribution in [0.1, 0.15) is 42.9 Å². The summed E-state index contributed by atoms with van der Waals surface area (Å²) >= 11 is 0. The Morgan fingerprint density at radius 3 is 2.53 bits per heavy atom. The van der Waals surface area contributed by atoms with Crippen LogP contribution in [0.15, 0.2) is 66.7 Å². The molecule has 2 amide bonds. The summed E-state index contributed by atoms with van der Waals surface area (Å²) in [6.07, 6.45) is 4.07. The largest absolute Gasteiger partial charge is 0.456 e. The minimum Gasteiger partial charge on any atom is -0.456 e. The molecule has 0 spiro atoms. The number of hydrogen-bond acceptors (Lipinski definition) is 6. The van der Waals surface area contributed by atoms with Gasteiger partial charge in [-0.25, -0.2) is 0 Å². The second-order valence-electron chi connectivity index (χ2n) is 7.98. The molecule has 1 aliphatic rings. The van der Waals surface area contributed by atoms with Gasteiger partial charge in [-0.15, -0.1) is 0 Å². The Morgan fingerprint density at radius 2 is 1.82 bits per heavy atom. The maximum atomic E-state index is 12.9. The minimum atomic E-state index is -0.613. The van der Waals surface area contributed by atoms with Crippen molar-refractivity contribution in [3.8, 4) is 0 Å². The van der Waals surface area contributed by atoms with E-state index in [1.165, 1.54) is 12.1 Å². The van der Waals surface area contributed by atoms with Gasteiger partial charge in [-0.3, -0.25) is 24.5 Å². The first-order valence-corrected chi connectivity index (χ1v) is 11.1. The number of rotatable bonds is 6. The van der Waals surface area contributed by atoms with Crippen molar-refractivity contribution in [3.05, 3.63) is 88.0 Å². The molecule has 0 radical (unpaired) electrons. The van der Waals surface area contributed by atoms with Gasteiger partial charge in [0.1, 0.15) is 6.10 Å². The van der Waals surface area contributed by atoms with Gasteiger partial charge < -0.3 is 15.4 Å². The van der Waals surface area contributed by atoms with E-state index >= 15 is 0 Å². The lowest BCUT2D eigenvalue weighted by atomic mass is 9.98. The Bertz CT molecular complexity index is 1040. The average Bonchev–Trinajstić information content (AvgIpc) is 2.84. The summed E-state index contributed by atoms with van der Waals surface area (Å²) in [5, 5.41) is 16.3. The Morgan fingerprint density at radius 1 is 1.09 bits per heavy atom. The fourth-order valence-corrected chi connectivity index (χ4v) is 3.55. The molecule has 0 unspecified atom stereocenters. The molecule has 2 aromatic carbocycles. The van der Waals surface area contributed by atoms with E-state index in [2.05, 4.69) is 10.6 Å². The number of hydrogen-bond donors (Lipinski definition) is 2. The van der Waals surface area contributed by atoms with Crippen LogP contribution in [0.2, 0.25) is 0 Å². The second kappa shape index (κ2) is 12.3. The lowest BCUT2D eigenvalue weighted by Gasteiger charge is -2.21. The van der Waals surface area contributed by atoms with Crippen LogP contribution >= 0.6 is 0 Å². The van der Waals surface area contributed by atoms with E-state index in [4.69, 9.17) is 4.74 Å². The normalized spacial score (nSPS) is 19.2. The maximum absolute atomic E-state index is 12.9. The molecule has 3 rings (SSSR count). The van der Waals surface area contributed by atoms with Crippen molar-refractivity contribution in [2.45, 2.75) is 38.3 Å². The number of nitrogens with zero attached hydrogens (tertiary/aromatic N) is 1. The summed E-state index contributed by atoms with van der Waals surface area (Å²) in [6.45, 7) is 0.312. The highest BCUT2D eigenvalue weighted by Crippen LogP contribution is 2.20. The smallest absolute Gasteiger partial charge is 0.306 e. The quantitative estimate of drug-likeness (QED) is 0.291. The molecule has 0 saturated carbocycles. The molecular formula is C25H27N3O6. The van der Waals surface area contributed by atoms with Gasteiger partial charge >= 0.3 is 5.97 Å². The zero-order valence-electron chi connectivity index (χ0n) is 18.6. The molecule has 1 aliphatic heterocycles. The molecule has 2 atom stereocenters. The number of non-ortho nitro benzene ring substituents is 1. The summed E-state index contributed by atoms with van der Waals surface area (Å²) < 4.78 is 5.58. The van der Waals surface area contributed by atoms with Crippen LogP contribution in [0.4, 0.5) is 5.69 Å². The fraction of sp³-hybridized carbons (Fsp3) is 0.320. The Kier molecular flexibility index (Phi) is 8.90. The van der Waals surface area contributed by atoms with Crippen molar-refractivity contribution in [2.75, 3.05) is 6.54 Å². The molecule has 0 bridgehead atoms. The van der Waals surface area contributed by atoms with Gasteiger partial charge in [0, 0.05) is 31.5 Å². The summed E-state index contributed by atoms with van der Waals surface area (Å²) in [6, 6.07) is 15.1. The standard InChI is InChI=1S/C25H27N3O6/c29-23(26-16-18-11-13-21(14-12-18)28(32)33)15-20-9-5-2-6-10-24(30)34-22(17-27-25(20)31)19-7-3-1-4-8-19/h1-5,7-8,11-14,20,22H,6,9-10,15-17H2,(H,26,29)(H,27,31)/t20-,22-/m0/s1. The molecule has 9 nitrogen and oxygen atoms in total. The molecule has 178 valence electrons. The molecule has 2 N–H and O–H groups in total. The van der Waals surface area contributed by atoms with Crippen LogP contribution < -0.4 is 10.6 Å². The van der Waals surface area contributed by atoms with Gasteiger partial charge in [-0.1, -0.05) is 54.6 Å². The van der Waals surface area contributed by atoms with Gasteiger partial charge in [0.2, 0.25) is 11.8 Å². The predicted molar refractivity (Wildman–Crippen MR) is 124 cm³/mol. The number of ether oxygens (including phenoxy) is 1. The van der Waals surface area contributed by atoms with Gasteiger partial charge in [0.25, 0.3) is 5.69 Å². The fourth-order valence-electron chi connectivity index (χ4n) is 3.55. The number of allylic oxidation sites excluding steroid dienone is 2. The van der Waals surface area contributed by atoms with Crippen molar-refractivity contribution in [2.24, 2.45) is 5.92 Å². The van der Waals surface area contributed by atoms with Gasteiger partial charge in [0.05, 0.1) is 17.4 Å². The Hall–Kier alpha value is -4.01. The molecule has 0 saturated heterocycles. The summed E-state index contributed by atoms with van der Waals surface area (Å²) in [5.74, 6) is -1.52. The van der Waals surface area contributed by atoms with E-state index in [0.29, 0.717) is 12.8 Å². The average molecular weight is 466 g/mol. The van der Waals surface area contributed by atoms with Crippen LogP contribution in [-0.4, -0.2) is 29.3 Å². The van der Waals surface area contributed by atoms with E-state index in [0.717, 1.165) is 11.1 Å². The third kappa shape index (κ3) is 7.54. The number of nitro benzene ring substituents is 1. The molecule has 0 aromatic heterocycles. The molecule has 2 aromatic rings. The van der Waals surface area contributed by atoms with Crippen LogP contribution in [-0.2, 0) is 25.7 Å². The van der Waals surface area contributed by atoms with Gasteiger partial charge in [-0.05, 0) is 24.0 Å². The van der Waals surface area contributed by atoms with E-state index in [1.54, 1.807) is 18.2 Å². The number of benzene rings is 2. The number of esters is 1. The highest BCUT2D eigenvalue weighted by atomic mass is 16.6. The SMILES string of the molecule is O=C(C[C@@H]1CC=CCCC(=O)O[C@H](c2ccccc2)CNC1=O)NCc1ccc([N+](=O)[O-])cc1. The van der Waals surface area contributed by atoms with E-state index in [1.807, 2.05) is 36.4 Å². The van der Waals surface area contributed by atoms with Crippen molar-refractivity contribution in [1.29, 1.82) is 0 Å². The molecule has 1 heterocycles. The van der Waals surface area contributed by atoms with E-state index in [-0.39, 0.29) is 49.4 Å². The van der Waals surface area contributed by atoms with Crippen LogP contribution in [0.25, 0.3) is 0 Å². The Labute approximate surface area is 197 Å². The first-order chi connectivity index (χ1) is 16.4. The first kappa shape index (κ1) is 24.6. The zero-order chi connectivity index (χ0) is 24.3. The number of carbonyl (C=O) groups excluding carboxylic acids is 3. The highest BCUT2D eigenvalue weighted by molar-refractivity contribution is 5.86. The van der Waals surface area contributed by atoms with Gasteiger partial charge in [-0.2, -0.15) is 0 Å². The topological polar surface area (TPSA) is 128 Å². The number of nitrogens with one attached hydrogen (secondary N) is 2. The first-order valence-electron chi connectivity index (χ1n) is 11.1. The van der Waals surface area contributed by atoms with Crippen molar-refractivity contribution < 1.29 is 24.0 Å². The van der Waals surface area contributed by atoms with Crippen LogP contribution in [0, 0.1) is 16.0 Å². The van der Waals surface area contributed by atoms with Gasteiger partial charge in [0.15, 0.2) is 0 Å². The molecule has 0 aliphatic carbocycles. The third-order valence-corrected chi connectivity index (χ3v) is 5.45. The van der Waals surface area contributed by atoms with Crippen LogP contribution in [0.5, 0.6) is 0 Å². The molecular weight excluding hydrogens is 438 g/mol. The zero-order valence-corrected chi connectivity index (χ0v) is 18.6. The van der Waals surface area contributed by atoms with Crippen molar-refractivity contribution in [3.63, 3.8) is 0 Å². The monoisotopic (exact) mass is 465 g/mol.